The molecule has 4 aromatic rings. The van der Waals surface area contributed by atoms with Crippen LogP contribution in [0.4, 0.5) is 11.4 Å². The fourth-order valence-electron chi connectivity index (χ4n) is 3.30. The topological polar surface area (TPSA) is 169 Å². The van der Waals surface area contributed by atoms with Crippen LogP contribution < -0.4 is 11.1 Å². The van der Waals surface area contributed by atoms with Gasteiger partial charge in [-0.3, -0.25) is 34.6 Å². The number of aromatic amines is 2. The Balaban J connectivity index is 1.95. The van der Waals surface area contributed by atoms with Gasteiger partial charge in [0.2, 0.25) is 5.78 Å². The molecule has 0 saturated heterocycles. The lowest BCUT2D eigenvalue weighted by molar-refractivity contribution is -0.383. The molecule has 0 atom stereocenters. The zero-order valence-corrected chi connectivity index (χ0v) is 18.6. The van der Waals surface area contributed by atoms with Gasteiger partial charge in [0.05, 0.1) is 21.0 Å². The van der Waals surface area contributed by atoms with Crippen LogP contribution >= 0.6 is 31.9 Å². The van der Waals surface area contributed by atoms with E-state index in [1.807, 2.05) is 0 Å². The minimum Gasteiger partial charge on any atom is -0.316 e. The zero-order chi connectivity index (χ0) is 23.3. The maximum Gasteiger partial charge on any atom is 0.294 e. The molecule has 2 aromatic heterocycles. The van der Waals surface area contributed by atoms with Crippen molar-refractivity contribution in [2.75, 3.05) is 0 Å². The second-order valence-electron chi connectivity index (χ2n) is 6.65. The van der Waals surface area contributed by atoms with E-state index in [-0.39, 0.29) is 33.2 Å². The minimum absolute atomic E-state index is 0.0771. The van der Waals surface area contributed by atoms with E-state index in [4.69, 9.17) is 0 Å². The van der Waals surface area contributed by atoms with Crippen LogP contribution in [0.25, 0.3) is 21.8 Å². The number of ketones is 1. The first kappa shape index (κ1) is 21.5. The molecule has 0 fully saturated rings. The molecule has 0 unspecified atom stereocenters. The van der Waals surface area contributed by atoms with Crippen LogP contribution in [0.2, 0.25) is 0 Å². The number of nitrogens with zero attached hydrogens (tertiary/aromatic N) is 2. The van der Waals surface area contributed by atoms with Crippen LogP contribution in [0.5, 0.6) is 0 Å². The number of benzene rings is 2. The van der Waals surface area contributed by atoms with Crippen molar-refractivity contribution in [1.82, 2.24) is 9.97 Å². The van der Waals surface area contributed by atoms with Crippen LogP contribution in [-0.2, 0) is 0 Å². The number of nitro benzene ring substituents is 2. The van der Waals surface area contributed by atoms with Gasteiger partial charge in [-0.05, 0) is 24.3 Å². The number of carbonyl (C=O) groups is 1. The first-order valence-electron chi connectivity index (χ1n) is 8.63. The summed E-state index contributed by atoms with van der Waals surface area (Å²) in [6.45, 7) is 0. The van der Waals surface area contributed by atoms with Gasteiger partial charge in [0.15, 0.2) is 0 Å². The summed E-state index contributed by atoms with van der Waals surface area (Å²) in [6.07, 6.45) is 0. The average Bonchev–Trinajstić information content (AvgIpc) is 2.71. The van der Waals surface area contributed by atoms with Gasteiger partial charge >= 0.3 is 0 Å². The number of aromatic nitrogens is 2. The Labute approximate surface area is 192 Å². The van der Waals surface area contributed by atoms with Crippen molar-refractivity contribution in [3.8, 4) is 0 Å². The molecule has 2 aromatic carbocycles. The highest BCUT2D eigenvalue weighted by Crippen LogP contribution is 2.30. The Morgan fingerprint density at radius 3 is 1.44 bits per heavy atom. The van der Waals surface area contributed by atoms with Gasteiger partial charge in [-0.1, -0.05) is 31.9 Å². The molecule has 4 rings (SSSR count). The van der Waals surface area contributed by atoms with Crippen LogP contribution in [0.1, 0.15) is 15.9 Å². The molecule has 0 radical (unpaired) electrons. The van der Waals surface area contributed by atoms with E-state index in [2.05, 4.69) is 41.8 Å². The first-order chi connectivity index (χ1) is 15.1. The summed E-state index contributed by atoms with van der Waals surface area (Å²) in [5.74, 6) is -0.943. The number of hydrogen-bond donors (Lipinski definition) is 2. The molecule has 0 bridgehead atoms. The summed E-state index contributed by atoms with van der Waals surface area (Å²) >= 11 is 6.29. The van der Waals surface area contributed by atoms with E-state index in [1.54, 1.807) is 0 Å². The maximum atomic E-state index is 13.1. The number of nitrogens with one attached hydrogen (secondary N) is 2. The summed E-state index contributed by atoms with van der Waals surface area (Å²) in [7, 11) is 0. The molecule has 0 spiro atoms. The fourth-order valence-corrected chi connectivity index (χ4v) is 4.23. The average molecular weight is 564 g/mol. The lowest BCUT2D eigenvalue weighted by atomic mass is 10.0. The van der Waals surface area contributed by atoms with E-state index in [0.717, 1.165) is 12.1 Å². The number of fused-ring (bicyclic) bond motifs is 2. The number of nitro groups is 2. The smallest absolute Gasteiger partial charge is 0.294 e. The molecular weight excluding hydrogens is 556 g/mol. The zero-order valence-electron chi connectivity index (χ0n) is 15.5. The van der Waals surface area contributed by atoms with Crippen molar-refractivity contribution in [3.63, 3.8) is 0 Å². The molecule has 0 aliphatic heterocycles. The molecule has 160 valence electrons. The van der Waals surface area contributed by atoms with E-state index in [0.29, 0.717) is 8.95 Å². The van der Waals surface area contributed by atoms with Crippen LogP contribution in [0.3, 0.4) is 0 Å². The van der Waals surface area contributed by atoms with Crippen molar-refractivity contribution < 1.29 is 14.6 Å². The molecule has 13 heteroatoms. The Bertz CT molecular complexity index is 1510. The molecule has 0 aliphatic rings. The van der Waals surface area contributed by atoms with Crippen molar-refractivity contribution in [2.45, 2.75) is 0 Å². The van der Waals surface area contributed by atoms with E-state index >= 15 is 0 Å². The predicted octanol–water partition coefficient (Wildman–Crippen LogP) is 3.94. The molecule has 11 nitrogen and oxygen atoms in total. The number of pyridine rings is 2. The van der Waals surface area contributed by atoms with E-state index in [9.17, 15) is 34.6 Å². The molecule has 32 heavy (non-hydrogen) atoms. The molecule has 0 aliphatic carbocycles. The highest BCUT2D eigenvalue weighted by atomic mass is 79.9. The van der Waals surface area contributed by atoms with Crippen molar-refractivity contribution in [3.05, 3.63) is 97.4 Å². The molecule has 0 amide bonds. The monoisotopic (exact) mass is 562 g/mol. The van der Waals surface area contributed by atoms with E-state index < -0.39 is 37.9 Å². The quantitative estimate of drug-likeness (QED) is 0.215. The number of halogens is 2. The molecule has 0 saturated carbocycles. The number of hydrogen-bond acceptors (Lipinski definition) is 7. The number of carbonyl (C=O) groups excluding carboxylic acids is 1. The van der Waals surface area contributed by atoms with Crippen molar-refractivity contribution in [2.24, 2.45) is 0 Å². The SMILES string of the molecule is O=C(c1cc2cc(Br)cc([N+](=O)[O-])c2[nH]c1=O)c1cc2cc(Br)cc([N+](=O)[O-])c2[nH]c1=O. The van der Waals surface area contributed by atoms with Gasteiger partial charge in [0, 0.05) is 31.9 Å². The van der Waals surface area contributed by atoms with Crippen LogP contribution in [0.15, 0.2) is 54.9 Å². The number of non-ortho nitro benzene ring substituents is 2. The Kier molecular flexibility index (Phi) is 5.22. The molecule has 2 N–H and O–H groups in total. The summed E-state index contributed by atoms with van der Waals surface area (Å²) in [6, 6.07) is 7.67. The largest absolute Gasteiger partial charge is 0.316 e. The first-order valence-corrected chi connectivity index (χ1v) is 10.2. The predicted molar refractivity (Wildman–Crippen MR) is 121 cm³/mol. The third kappa shape index (κ3) is 3.61. The summed E-state index contributed by atoms with van der Waals surface area (Å²) in [5, 5.41) is 23.0. The Morgan fingerprint density at radius 1 is 0.719 bits per heavy atom. The second-order valence-corrected chi connectivity index (χ2v) is 8.48. The van der Waals surface area contributed by atoms with Gasteiger partial charge in [-0.25, -0.2) is 0 Å². The maximum absolute atomic E-state index is 13.1. The van der Waals surface area contributed by atoms with Crippen LogP contribution in [-0.4, -0.2) is 25.6 Å². The Morgan fingerprint density at radius 2 is 1.09 bits per heavy atom. The van der Waals surface area contributed by atoms with Crippen LogP contribution in [0, 0.1) is 20.2 Å². The number of rotatable bonds is 4. The van der Waals surface area contributed by atoms with Gasteiger partial charge in [-0.15, -0.1) is 0 Å². The highest BCUT2D eigenvalue weighted by Gasteiger charge is 2.23. The molecule has 2 heterocycles. The standard InChI is InChI=1S/C19H8Br2N4O7/c20-9-1-7-3-11(18(27)22-15(7)13(5-9)24(29)30)17(26)12-4-8-2-10(21)6-14(25(31)32)16(8)23-19(12)28/h1-6H,(H,22,27)(H,23,28). The molecular formula is C19H8Br2N4O7. The normalized spacial score (nSPS) is 11.1. The van der Waals surface area contributed by atoms with Crippen molar-refractivity contribution in [1.29, 1.82) is 0 Å². The summed E-state index contributed by atoms with van der Waals surface area (Å²) in [5.41, 5.74) is -3.57. The van der Waals surface area contributed by atoms with E-state index in [1.165, 1.54) is 24.3 Å². The van der Waals surface area contributed by atoms with Crippen molar-refractivity contribution >= 4 is 70.8 Å². The van der Waals surface area contributed by atoms with Gasteiger partial charge < -0.3 is 9.97 Å². The highest BCUT2D eigenvalue weighted by molar-refractivity contribution is 9.10. The lowest BCUT2D eigenvalue weighted by Gasteiger charge is -2.06. The number of H-pyrrole nitrogens is 2. The Hall–Kier alpha value is -3.71. The van der Waals surface area contributed by atoms with Gasteiger partial charge in [0.1, 0.15) is 11.0 Å². The minimum atomic E-state index is -0.943. The fraction of sp³-hybridized carbons (Fsp3) is 0. The third-order valence-corrected chi connectivity index (χ3v) is 5.59. The van der Waals surface area contributed by atoms with Gasteiger partial charge in [-0.2, -0.15) is 0 Å². The lowest BCUT2D eigenvalue weighted by Crippen LogP contribution is -2.24. The summed E-state index contributed by atoms with van der Waals surface area (Å²) < 4.78 is 0.700. The summed E-state index contributed by atoms with van der Waals surface area (Å²) in [4.78, 5) is 64.1. The third-order valence-electron chi connectivity index (χ3n) is 4.67. The van der Waals surface area contributed by atoms with Gasteiger partial charge in [0.25, 0.3) is 22.5 Å². The second kappa shape index (κ2) is 7.76.